The first kappa shape index (κ1) is 12.2. The van der Waals surface area contributed by atoms with Crippen LogP contribution in [0, 0.1) is 29.1 Å². The minimum Gasteiger partial charge on any atom is -0.390 e. The van der Waals surface area contributed by atoms with E-state index in [4.69, 9.17) is 16.1 Å². The van der Waals surface area contributed by atoms with Gasteiger partial charge in [-0.15, -0.1) is 0 Å². The van der Waals surface area contributed by atoms with Gasteiger partial charge >= 0.3 is 0 Å². The van der Waals surface area contributed by atoms with Gasteiger partial charge < -0.3 is 16.2 Å². The van der Waals surface area contributed by atoms with Crippen molar-refractivity contribution in [2.45, 2.75) is 50.7 Å². The third-order valence-electron chi connectivity index (χ3n) is 5.21. The number of hydrogen-bond acceptors (Lipinski definition) is 3. The van der Waals surface area contributed by atoms with Crippen LogP contribution in [0.4, 0.5) is 0 Å². The molecule has 4 N–H and O–H groups in total. The molecule has 0 saturated heterocycles. The Morgan fingerprint density at radius 2 is 2.00 bits per heavy atom. The monoisotopic (exact) mass is 249 g/mol. The Morgan fingerprint density at radius 1 is 1.39 bits per heavy atom. The second-order valence-electron chi connectivity index (χ2n) is 6.69. The first-order chi connectivity index (χ1) is 8.50. The summed E-state index contributed by atoms with van der Waals surface area (Å²) in [6, 6.07) is 0.296. The molecule has 3 atom stereocenters. The van der Waals surface area contributed by atoms with E-state index in [0.717, 1.165) is 19.3 Å². The number of amidine groups is 1. The zero-order valence-corrected chi connectivity index (χ0v) is 11.0. The average molecular weight is 249 g/mol. The van der Waals surface area contributed by atoms with Gasteiger partial charge in [-0.1, -0.05) is 6.92 Å². The van der Waals surface area contributed by atoms with Crippen molar-refractivity contribution >= 4 is 12.1 Å². The fourth-order valence-corrected chi connectivity index (χ4v) is 4.54. The minimum absolute atomic E-state index is 0.0646. The highest BCUT2D eigenvalue weighted by Gasteiger charge is 2.54. The average Bonchev–Trinajstić information content (AvgIpc) is 2.30. The number of nitrogens with one attached hydrogen (secondary N) is 1. The molecule has 4 heteroatoms. The van der Waals surface area contributed by atoms with Crippen molar-refractivity contribution in [1.29, 1.82) is 5.41 Å². The van der Waals surface area contributed by atoms with E-state index >= 15 is 0 Å². The summed E-state index contributed by atoms with van der Waals surface area (Å²) in [6.45, 7) is 1.91. The van der Waals surface area contributed by atoms with Gasteiger partial charge in [0.15, 0.2) is 0 Å². The van der Waals surface area contributed by atoms with Gasteiger partial charge in [-0.3, -0.25) is 4.99 Å². The molecule has 4 rings (SSSR count). The van der Waals surface area contributed by atoms with Crippen molar-refractivity contribution in [2.75, 3.05) is 0 Å². The van der Waals surface area contributed by atoms with E-state index in [1.807, 2.05) is 6.92 Å². The highest BCUT2D eigenvalue weighted by Crippen LogP contribution is 2.56. The maximum Gasteiger partial charge on any atom is 0.102 e. The Balaban J connectivity index is 1.81. The molecule has 3 unspecified atom stereocenters. The fraction of sp³-hybridized carbons (Fsp3) is 0.857. The predicted octanol–water partition coefficient (Wildman–Crippen LogP) is 1.57. The van der Waals surface area contributed by atoms with Gasteiger partial charge in [0.1, 0.15) is 5.84 Å². The fourth-order valence-electron chi connectivity index (χ4n) is 4.54. The van der Waals surface area contributed by atoms with Gasteiger partial charge in [0.2, 0.25) is 0 Å². The molecule has 18 heavy (non-hydrogen) atoms. The predicted molar refractivity (Wildman–Crippen MR) is 71.9 cm³/mol. The summed E-state index contributed by atoms with van der Waals surface area (Å²) in [5.41, 5.74) is 5.58. The maximum atomic E-state index is 10.5. The van der Waals surface area contributed by atoms with Gasteiger partial charge in [-0.25, -0.2) is 0 Å². The van der Waals surface area contributed by atoms with Crippen molar-refractivity contribution in [3.05, 3.63) is 0 Å². The zero-order valence-electron chi connectivity index (χ0n) is 11.0. The van der Waals surface area contributed by atoms with E-state index in [9.17, 15) is 5.11 Å². The molecule has 0 aromatic rings. The molecule has 0 aromatic carbocycles. The molecule has 0 aliphatic heterocycles. The molecule has 4 fully saturated rings. The number of rotatable bonds is 3. The lowest BCUT2D eigenvalue weighted by atomic mass is 9.52. The van der Waals surface area contributed by atoms with Gasteiger partial charge in [0, 0.05) is 12.1 Å². The lowest BCUT2D eigenvalue weighted by molar-refractivity contribution is -0.132. The van der Waals surface area contributed by atoms with Crippen LogP contribution in [0.3, 0.4) is 0 Å². The second-order valence-corrected chi connectivity index (χ2v) is 6.69. The summed E-state index contributed by atoms with van der Waals surface area (Å²) >= 11 is 0. The quantitative estimate of drug-likeness (QED) is 0.524. The molecule has 0 spiro atoms. The molecule has 0 aromatic heterocycles. The normalized spacial score (nSPS) is 48.2. The van der Waals surface area contributed by atoms with Crippen LogP contribution in [0.25, 0.3) is 0 Å². The Hall–Kier alpha value is -0.900. The van der Waals surface area contributed by atoms with Crippen LogP contribution in [0.15, 0.2) is 4.99 Å². The van der Waals surface area contributed by atoms with E-state index in [0.29, 0.717) is 29.6 Å². The number of nitrogens with zero attached hydrogens (tertiary/aromatic N) is 1. The van der Waals surface area contributed by atoms with Crippen LogP contribution < -0.4 is 5.73 Å². The standard InChI is InChI=1S/C14H23N3O/c1-8(7-15)13(16)17-12-10-2-9-3-11(12)6-14(18,4-9)5-10/h7-12,15,18H,2-6H2,1H3,(H2,16,17). The summed E-state index contributed by atoms with van der Waals surface area (Å²) in [5, 5.41) is 17.8. The highest BCUT2D eigenvalue weighted by atomic mass is 16.3. The van der Waals surface area contributed by atoms with Gasteiger partial charge in [-0.05, 0) is 49.9 Å². The van der Waals surface area contributed by atoms with Crippen LogP contribution in [0.1, 0.15) is 39.0 Å². The summed E-state index contributed by atoms with van der Waals surface area (Å²) < 4.78 is 0. The molecule has 4 bridgehead atoms. The molecule has 0 radical (unpaired) electrons. The lowest BCUT2D eigenvalue weighted by Gasteiger charge is -2.57. The van der Waals surface area contributed by atoms with Crippen LogP contribution in [0.5, 0.6) is 0 Å². The van der Waals surface area contributed by atoms with E-state index in [1.54, 1.807) is 0 Å². The molecular formula is C14H23N3O. The van der Waals surface area contributed by atoms with Gasteiger partial charge in [0.05, 0.1) is 11.6 Å². The zero-order chi connectivity index (χ0) is 12.9. The number of aliphatic hydroxyl groups is 1. The molecule has 0 amide bonds. The number of nitrogens with two attached hydrogens (primary N) is 1. The summed E-state index contributed by atoms with van der Waals surface area (Å²) in [5.74, 6) is 2.26. The van der Waals surface area contributed by atoms with Crippen LogP contribution >= 0.6 is 0 Å². The topological polar surface area (TPSA) is 82.5 Å². The third-order valence-corrected chi connectivity index (χ3v) is 5.21. The van der Waals surface area contributed by atoms with Crippen molar-refractivity contribution in [2.24, 2.45) is 34.4 Å². The molecular weight excluding hydrogens is 226 g/mol. The van der Waals surface area contributed by atoms with E-state index < -0.39 is 5.60 Å². The van der Waals surface area contributed by atoms with E-state index in [2.05, 4.69) is 0 Å². The van der Waals surface area contributed by atoms with Gasteiger partial charge in [-0.2, -0.15) is 0 Å². The minimum atomic E-state index is -0.398. The largest absolute Gasteiger partial charge is 0.390 e. The number of hydrogen-bond donors (Lipinski definition) is 3. The van der Waals surface area contributed by atoms with Crippen molar-refractivity contribution < 1.29 is 5.11 Å². The summed E-state index contributed by atoms with van der Waals surface area (Å²) in [6.07, 6.45) is 6.57. The molecule has 4 nitrogen and oxygen atoms in total. The van der Waals surface area contributed by atoms with Crippen molar-refractivity contribution in [1.82, 2.24) is 0 Å². The van der Waals surface area contributed by atoms with E-state index in [-0.39, 0.29) is 5.92 Å². The number of aliphatic imine (C=N–C) groups is 1. The molecule has 100 valence electrons. The third kappa shape index (κ3) is 1.87. The van der Waals surface area contributed by atoms with E-state index in [1.165, 1.54) is 19.1 Å². The van der Waals surface area contributed by atoms with Crippen LogP contribution in [0.2, 0.25) is 0 Å². The first-order valence-electron chi connectivity index (χ1n) is 7.07. The molecule has 4 aliphatic rings. The second kappa shape index (κ2) is 4.05. The highest BCUT2D eigenvalue weighted by molar-refractivity contribution is 5.94. The Kier molecular flexibility index (Phi) is 2.73. The van der Waals surface area contributed by atoms with Crippen LogP contribution in [-0.2, 0) is 0 Å². The molecule has 4 saturated carbocycles. The first-order valence-corrected chi connectivity index (χ1v) is 7.07. The smallest absolute Gasteiger partial charge is 0.102 e. The summed E-state index contributed by atoms with van der Waals surface area (Å²) in [4.78, 5) is 4.71. The molecule has 0 heterocycles. The van der Waals surface area contributed by atoms with Crippen molar-refractivity contribution in [3.8, 4) is 0 Å². The van der Waals surface area contributed by atoms with Gasteiger partial charge in [0.25, 0.3) is 0 Å². The Bertz CT molecular complexity index is 377. The lowest BCUT2D eigenvalue weighted by Crippen LogP contribution is -2.56. The Morgan fingerprint density at radius 3 is 2.50 bits per heavy atom. The Labute approximate surface area is 108 Å². The van der Waals surface area contributed by atoms with Crippen LogP contribution in [-0.4, -0.2) is 28.8 Å². The molecule has 4 aliphatic carbocycles. The van der Waals surface area contributed by atoms with Crippen molar-refractivity contribution in [3.63, 3.8) is 0 Å². The SMILES string of the molecule is CC(C=N)C(N)=NC1C2CC3CC1CC(O)(C3)C2. The summed E-state index contributed by atoms with van der Waals surface area (Å²) in [7, 11) is 0. The maximum absolute atomic E-state index is 10.5.